The van der Waals surface area contributed by atoms with Gasteiger partial charge in [-0.05, 0) is 90.8 Å². The molecular formula is C31H52O6. The Morgan fingerprint density at radius 2 is 1.65 bits per heavy atom. The maximum Gasteiger partial charge on any atom is 0.306 e. The summed E-state index contributed by atoms with van der Waals surface area (Å²) in [4.78, 5) is 24.9. The second-order valence-electron chi connectivity index (χ2n) is 14.5. The van der Waals surface area contributed by atoms with Gasteiger partial charge in [-0.2, -0.15) is 0 Å². The van der Waals surface area contributed by atoms with Gasteiger partial charge in [-0.1, -0.05) is 54.4 Å². The first kappa shape index (κ1) is 28.9. The Hall–Kier alpha value is -1.14. The SMILES string of the molecule is CC(=O)O[C@H]1C[C@@]2(C)[C@@H](C[C@@H](O)[C@H]3[C@@]4(C)CC[C@@H](O)[C@@H](C)[C@@H]4CC[C@@]32C)[C@@H]1[C@@H](CCCC(C)C)C(=O)O. The maximum absolute atomic E-state index is 12.7. The number of carboxylic acids is 1. The molecule has 0 unspecified atom stereocenters. The third-order valence-electron chi connectivity index (χ3n) is 12.4. The lowest BCUT2D eigenvalue weighted by Crippen LogP contribution is -2.66. The summed E-state index contributed by atoms with van der Waals surface area (Å²) in [7, 11) is 0. The molecule has 0 bridgehead atoms. The summed E-state index contributed by atoms with van der Waals surface area (Å²) >= 11 is 0. The van der Waals surface area contributed by atoms with Crippen molar-refractivity contribution in [3.8, 4) is 0 Å². The molecule has 4 saturated carbocycles. The van der Waals surface area contributed by atoms with Gasteiger partial charge in [-0.25, -0.2) is 0 Å². The molecule has 6 heteroatoms. The number of carboxylic acid groups (broad SMARTS) is 1. The van der Waals surface area contributed by atoms with E-state index in [9.17, 15) is 24.9 Å². The van der Waals surface area contributed by atoms with Crippen molar-refractivity contribution in [3.05, 3.63) is 0 Å². The third kappa shape index (κ3) is 4.56. The van der Waals surface area contributed by atoms with E-state index in [4.69, 9.17) is 4.74 Å². The Kier molecular flexibility index (Phi) is 7.89. The molecule has 4 aliphatic rings. The van der Waals surface area contributed by atoms with Crippen molar-refractivity contribution in [3.63, 3.8) is 0 Å². The van der Waals surface area contributed by atoms with Crippen molar-refractivity contribution in [1.82, 2.24) is 0 Å². The van der Waals surface area contributed by atoms with E-state index in [1.165, 1.54) is 6.92 Å². The number of esters is 1. The van der Waals surface area contributed by atoms with Crippen LogP contribution in [0.1, 0.15) is 106 Å². The summed E-state index contributed by atoms with van der Waals surface area (Å²) in [6.45, 7) is 14.9. The molecule has 0 aromatic carbocycles. The van der Waals surface area contributed by atoms with Crippen LogP contribution in [0.15, 0.2) is 0 Å². The highest BCUT2D eigenvalue weighted by Gasteiger charge is 2.72. The van der Waals surface area contributed by atoms with Crippen molar-refractivity contribution in [1.29, 1.82) is 0 Å². The highest BCUT2D eigenvalue weighted by molar-refractivity contribution is 5.71. The molecule has 0 aliphatic heterocycles. The minimum absolute atomic E-state index is 0.0139. The summed E-state index contributed by atoms with van der Waals surface area (Å²) < 4.78 is 5.95. The van der Waals surface area contributed by atoms with Crippen LogP contribution in [0.2, 0.25) is 0 Å². The van der Waals surface area contributed by atoms with Crippen molar-refractivity contribution in [2.75, 3.05) is 0 Å². The highest BCUT2D eigenvalue weighted by Crippen LogP contribution is 2.74. The first-order chi connectivity index (χ1) is 17.2. The number of aliphatic hydroxyl groups is 2. The monoisotopic (exact) mass is 520 g/mol. The molecule has 0 heterocycles. The predicted molar refractivity (Wildman–Crippen MR) is 143 cm³/mol. The largest absolute Gasteiger partial charge is 0.481 e. The van der Waals surface area contributed by atoms with Gasteiger partial charge in [0.15, 0.2) is 0 Å². The van der Waals surface area contributed by atoms with Crippen LogP contribution < -0.4 is 0 Å². The lowest BCUT2D eigenvalue weighted by atomic mass is 9.36. The summed E-state index contributed by atoms with van der Waals surface area (Å²) in [6, 6.07) is 0. The summed E-state index contributed by atoms with van der Waals surface area (Å²) in [5, 5.41) is 33.0. The van der Waals surface area contributed by atoms with Crippen LogP contribution in [0.25, 0.3) is 0 Å². The van der Waals surface area contributed by atoms with E-state index in [0.717, 1.165) is 38.5 Å². The van der Waals surface area contributed by atoms with Crippen LogP contribution in [0, 0.1) is 57.7 Å². The van der Waals surface area contributed by atoms with Crippen LogP contribution in [-0.4, -0.2) is 45.6 Å². The van der Waals surface area contributed by atoms with Gasteiger partial charge in [-0.3, -0.25) is 9.59 Å². The molecule has 37 heavy (non-hydrogen) atoms. The van der Waals surface area contributed by atoms with Crippen molar-refractivity contribution < 1.29 is 29.6 Å². The Morgan fingerprint density at radius 3 is 2.24 bits per heavy atom. The number of carbonyl (C=O) groups excluding carboxylic acids is 1. The number of fused-ring (bicyclic) bond motifs is 5. The van der Waals surface area contributed by atoms with E-state index in [1.807, 2.05) is 0 Å². The molecule has 0 amide bonds. The summed E-state index contributed by atoms with van der Waals surface area (Å²) in [5.41, 5.74) is -0.505. The van der Waals surface area contributed by atoms with E-state index >= 15 is 0 Å². The molecule has 0 spiro atoms. The highest BCUT2D eigenvalue weighted by atomic mass is 16.5. The van der Waals surface area contributed by atoms with Gasteiger partial charge >= 0.3 is 11.9 Å². The molecule has 12 atom stereocenters. The normalized spacial score (nSPS) is 48.1. The van der Waals surface area contributed by atoms with E-state index in [1.54, 1.807) is 0 Å². The van der Waals surface area contributed by atoms with E-state index in [0.29, 0.717) is 31.1 Å². The Bertz CT molecular complexity index is 872. The minimum atomic E-state index is -0.803. The fraction of sp³-hybridized carbons (Fsp3) is 0.935. The van der Waals surface area contributed by atoms with Crippen LogP contribution in [0.3, 0.4) is 0 Å². The van der Waals surface area contributed by atoms with Gasteiger partial charge in [0.2, 0.25) is 0 Å². The number of carbonyl (C=O) groups is 2. The number of aliphatic hydroxyl groups excluding tert-OH is 2. The van der Waals surface area contributed by atoms with Gasteiger partial charge in [0, 0.05) is 12.8 Å². The predicted octanol–water partition coefficient (Wildman–Crippen LogP) is 5.68. The lowest BCUT2D eigenvalue weighted by molar-refractivity contribution is -0.240. The van der Waals surface area contributed by atoms with Crippen LogP contribution in [0.4, 0.5) is 0 Å². The average molecular weight is 521 g/mol. The van der Waals surface area contributed by atoms with Gasteiger partial charge in [-0.15, -0.1) is 0 Å². The van der Waals surface area contributed by atoms with Gasteiger partial charge in [0.1, 0.15) is 6.10 Å². The fourth-order valence-corrected chi connectivity index (χ4v) is 10.6. The number of aliphatic carboxylic acids is 1. The zero-order valence-corrected chi connectivity index (χ0v) is 24.2. The molecule has 212 valence electrons. The first-order valence-electron chi connectivity index (χ1n) is 14.9. The maximum atomic E-state index is 12.7. The van der Waals surface area contributed by atoms with E-state index in [-0.39, 0.29) is 52.0 Å². The fourth-order valence-electron chi connectivity index (χ4n) is 10.6. The third-order valence-corrected chi connectivity index (χ3v) is 12.4. The van der Waals surface area contributed by atoms with Gasteiger partial charge < -0.3 is 20.1 Å². The molecule has 4 aliphatic carbocycles. The zero-order valence-electron chi connectivity index (χ0n) is 24.2. The molecule has 0 saturated heterocycles. The van der Waals surface area contributed by atoms with Crippen molar-refractivity contribution in [2.45, 2.75) is 125 Å². The van der Waals surface area contributed by atoms with Crippen molar-refractivity contribution >= 4 is 11.9 Å². The molecule has 0 aromatic heterocycles. The number of ether oxygens (including phenoxy) is 1. The van der Waals surface area contributed by atoms with Crippen molar-refractivity contribution in [2.24, 2.45) is 57.7 Å². The number of hydrogen-bond acceptors (Lipinski definition) is 5. The molecule has 0 aromatic rings. The first-order valence-corrected chi connectivity index (χ1v) is 14.9. The lowest BCUT2D eigenvalue weighted by Gasteiger charge is -2.69. The van der Waals surface area contributed by atoms with E-state index < -0.39 is 24.1 Å². The molecule has 0 radical (unpaired) electrons. The smallest absolute Gasteiger partial charge is 0.306 e. The standard InChI is InChI=1S/C31H52O6/c1-17(2)9-8-10-20(28(35)36)26-22-15-24(34)27-29(5)13-12-23(33)18(3)21(29)11-14-30(27,6)31(22,7)16-25(26)37-19(4)32/h17-18,20-27,33-34H,8-16H2,1-7H3,(H,35,36)/t18-,20+,21-,22-,23+,24+,25-,26-,27-,29-,30-,31-/m0/s1. The molecule has 3 N–H and O–H groups in total. The number of hydrogen-bond donors (Lipinski definition) is 3. The van der Waals surface area contributed by atoms with Gasteiger partial charge in [0.05, 0.1) is 18.1 Å². The average Bonchev–Trinajstić information content (AvgIpc) is 3.05. The molecule has 4 fully saturated rings. The Labute approximate surface area is 223 Å². The second-order valence-corrected chi connectivity index (χ2v) is 14.5. The second kappa shape index (κ2) is 10.1. The van der Waals surface area contributed by atoms with E-state index in [2.05, 4.69) is 41.5 Å². The Balaban J connectivity index is 1.73. The topological polar surface area (TPSA) is 104 Å². The van der Waals surface area contributed by atoms with Crippen LogP contribution >= 0.6 is 0 Å². The summed E-state index contributed by atoms with van der Waals surface area (Å²) in [6.07, 6.45) is 6.00. The summed E-state index contributed by atoms with van der Waals surface area (Å²) in [5.74, 6) is -0.870. The van der Waals surface area contributed by atoms with Crippen LogP contribution in [-0.2, 0) is 14.3 Å². The van der Waals surface area contributed by atoms with Gasteiger partial charge in [0.25, 0.3) is 0 Å². The van der Waals surface area contributed by atoms with Crippen LogP contribution in [0.5, 0.6) is 0 Å². The quantitative estimate of drug-likeness (QED) is 0.373. The number of rotatable bonds is 7. The molecular weight excluding hydrogens is 468 g/mol. The zero-order chi connectivity index (χ0) is 27.5. The Morgan fingerprint density at radius 1 is 0.973 bits per heavy atom. The molecule has 4 rings (SSSR count). The minimum Gasteiger partial charge on any atom is -0.481 e. The molecule has 6 nitrogen and oxygen atoms in total.